The third kappa shape index (κ3) is 6.73. The summed E-state index contributed by atoms with van der Waals surface area (Å²) in [6, 6.07) is 4.72. The van der Waals surface area contributed by atoms with Crippen LogP contribution in [0.1, 0.15) is 48.2 Å². The number of rotatable bonds is 4. The van der Waals surface area contributed by atoms with Crippen LogP contribution in [0.5, 0.6) is 0 Å². The van der Waals surface area contributed by atoms with Crippen LogP contribution in [0.2, 0.25) is 5.02 Å². The van der Waals surface area contributed by atoms with Crippen LogP contribution in [0.15, 0.2) is 29.0 Å². The third-order valence-electron chi connectivity index (χ3n) is 6.66. The van der Waals surface area contributed by atoms with E-state index in [9.17, 15) is 19.2 Å². The van der Waals surface area contributed by atoms with Crippen LogP contribution in [0.3, 0.4) is 0 Å². The summed E-state index contributed by atoms with van der Waals surface area (Å²) in [5.74, 6) is -0.707. The number of benzene rings is 1. The van der Waals surface area contributed by atoms with E-state index in [4.69, 9.17) is 16.3 Å². The topological polar surface area (TPSA) is 117 Å². The molecule has 0 aliphatic carbocycles. The molecule has 11 nitrogen and oxygen atoms in total. The van der Waals surface area contributed by atoms with Crippen molar-refractivity contribution < 1.29 is 23.9 Å². The minimum Gasteiger partial charge on any atom is -0.444 e. The first kappa shape index (κ1) is 28.9. The summed E-state index contributed by atoms with van der Waals surface area (Å²) < 4.78 is 7.69. The number of nitrogens with zero attached hydrogens (tertiary/aromatic N) is 5. The Morgan fingerprint density at radius 1 is 1.05 bits per heavy atom. The number of halogens is 2. The molecule has 0 bridgehead atoms. The number of imidazole rings is 1. The molecule has 2 aliphatic heterocycles. The summed E-state index contributed by atoms with van der Waals surface area (Å²) in [6.07, 6.45) is 1.72. The number of carbonyl (C=O) groups excluding carboxylic acids is 4. The van der Waals surface area contributed by atoms with E-state index < -0.39 is 17.6 Å². The normalized spacial score (nSPS) is 17.8. The molecular formula is C26H32BrClN6O5. The number of amides is 4. The van der Waals surface area contributed by atoms with Gasteiger partial charge in [0.15, 0.2) is 5.82 Å². The second-order valence-electron chi connectivity index (χ2n) is 10.6. The Balaban J connectivity index is 1.30. The minimum absolute atomic E-state index is 0.00831. The average Bonchev–Trinajstić information content (AvgIpc) is 3.50. The molecule has 39 heavy (non-hydrogen) atoms. The lowest BCUT2D eigenvalue weighted by Crippen LogP contribution is -2.52. The molecule has 3 heterocycles. The first-order chi connectivity index (χ1) is 18.3. The molecule has 1 aromatic carbocycles. The van der Waals surface area contributed by atoms with Gasteiger partial charge in [-0.05, 0) is 61.3 Å². The van der Waals surface area contributed by atoms with Crippen LogP contribution < -0.4 is 5.32 Å². The molecule has 1 atom stereocenters. The number of carbonyl (C=O) groups is 4. The lowest BCUT2D eigenvalue weighted by atomic mass is 10.1. The van der Waals surface area contributed by atoms with E-state index in [1.54, 1.807) is 38.4 Å². The molecule has 0 saturated carbocycles. The van der Waals surface area contributed by atoms with Crippen molar-refractivity contribution in [1.29, 1.82) is 0 Å². The second-order valence-corrected chi connectivity index (χ2v) is 11.9. The number of aromatic nitrogens is 2. The smallest absolute Gasteiger partial charge is 0.410 e. The largest absolute Gasteiger partial charge is 0.444 e. The predicted octanol–water partition coefficient (Wildman–Crippen LogP) is 3.63. The fourth-order valence-electron chi connectivity index (χ4n) is 4.57. The maximum Gasteiger partial charge on any atom is 0.410 e. The van der Waals surface area contributed by atoms with Crippen LogP contribution in [0.4, 0.5) is 10.5 Å². The van der Waals surface area contributed by atoms with Gasteiger partial charge in [-0.1, -0.05) is 11.6 Å². The molecule has 2 saturated heterocycles. The molecular weight excluding hydrogens is 592 g/mol. The molecule has 2 aromatic rings. The third-order valence-corrected chi connectivity index (χ3v) is 7.71. The molecule has 210 valence electrons. The van der Waals surface area contributed by atoms with Crippen LogP contribution in [0, 0.1) is 5.92 Å². The fraction of sp³-hybridized carbons (Fsp3) is 0.500. The molecule has 2 aliphatic rings. The van der Waals surface area contributed by atoms with E-state index in [0.717, 1.165) is 0 Å². The van der Waals surface area contributed by atoms with Crippen LogP contribution in [0.25, 0.3) is 0 Å². The van der Waals surface area contributed by atoms with Gasteiger partial charge in [-0.25, -0.2) is 9.78 Å². The van der Waals surface area contributed by atoms with Crippen molar-refractivity contribution in [2.45, 2.75) is 32.8 Å². The van der Waals surface area contributed by atoms with E-state index in [1.807, 2.05) is 20.8 Å². The molecule has 2 fully saturated rings. The highest BCUT2D eigenvalue weighted by atomic mass is 79.9. The SMILES string of the molecule is Cn1c(Br)cnc1C(=O)Nc1ccc(C(=O)N2CCN(C(=O)[C@@H]3CCN(C(=O)OC(C)(C)C)C3)CC2)c(Cl)c1. The predicted molar refractivity (Wildman–Crippen MR) is 149 cm³/mol. The Morgan fingerprint density at radius 3 is 2.31 bits per heavy atom. The number of ether oxygens (including phenoxy) is 1. The Kier molecular flexibility index (Phi) is 8.55. The molecule has 4 rings (SSSR count). The zero-order chi connectivity index (χ0) is 28.5. The van der Waals surface area contributed by atoms with E-state index >= 15 is 0 Å². The lowest BCUT2D eigenvalue weighted by molar-refractivity contribution is -0.136. The monoisotopic (exact) mass is 622 g/mol. The van der Waals surface area contributed by atoms with Crippen LogP contribution in [-0.4, -0.2) is 92.9 Å². The maximum atomic E-state index is 13.2. The van der Waals surface area contributed by atoms with Gasteiger partial charge in [0, 0.05) is 52.0 Å². The number of hydrogen-bond donors (Lipinski definition) is 1. The van der Waals surface area contributed by atoms with Crippen molar-refractivity contribution in [3.05, 3.63) is 45.4 Å². The van der Waals surface area contributed by atoms with Crippen LogP contribution in [-0.2, 0) is 16.6 Å². The van der Waals surface area contributed by atoms with Gasteiger partial charge in [0.25, 0.3) is 11.8 Å². The molecule has 0 radical (unpaired) electrons. The highest BCUT2D eigenvalue weighted by molar-refractivity contribution is 9.10. The lowest BCUT2D eigenvalue weighted by Gasteiger charge is -2.36. The van der Waals surface area contributed by atoms with Gasteiger partial charge in [0.05, 0.1) is 22.7 Å². The van der Waals surface area contributed by atoms with Gasteiger partial charge < -0.3 is 29.3 Å². The van der Waals surface area contributed by atoms with Gasteiger partial charge >= 0.3 is 6.09 Å². The van der Waals surface area contributed by atoms with E-state index in [1.165, 1.54) is 12.3 Å². The summed E-state index contributed by atoms with van der Waals surface area (Å²) in [5, 5.41) is 2.95. The number of hydrogen-bond acceptors (Lipinski definition) is 6. The average molecular weight is 624 g/mol. The summed E-state index contributed by atoms with van der Waals surface area (Å²) in [7, 11) is 1.71. The van der Waals surface area contributed by atoms with Gasteiger partial charge in [0.1, 0.15) is 10.2 Å². The van der Waals surface area contributed by atoms with E-state index in [2.05, 4.69) is 26.2 Å². The van der Waals surface area contributed by atoms with Crippen molar-refractivity contribution in [3.63, 3.8) is 0 Å². The quantitative estimate of drug-likeness (QED) is 0.556. The van der Waals surface area contributed by atoms with Crippen molar-refractivity contribution >= 4 is 57.0 Å². The van der Waals surface area contributed by atoms with Gasteiger partial charge in [0.2, 0.25) is 5.91 Å². The molecule has 1 N–H and O–H groups in total. The highest BCUT2D eigenvalue weighted by Gasteiger charge is 2.36. The van der Waals surface area contributed by atoms with Crippen molar-refractivity contribution in [2.75, 3.05) is 44.6 Å². The van der Waals surface area contributed by atoms with Crippen molar-refractivity contribution in [2.24, 2.45) is 13.0 Å². The first-order valence-electron chi connectivity index (χ1n) is 12.7. The standard InChI is InChI=1S/C26H32BrClN6O5/c1-26(2,3)39-25(38)34-8-7-16(15-34)23(36)32-9-11-33(12-10-32)24(37)18-6-5-17(13-19(18)28)30-22(35)21-29-14-20(27)31(21)4/h5-6,13-14,16H,7-12,15H2,1-4H3,(H,30,35)/t16-/m1/s1. The summed E-state index contributed by atoms with van der Waals surface area (Å²) in [5.41, 5.74) is 0.169. The fourth-order valence-corrected chi connectivity index (χ4v) is 5.10. The highest BCUT2D eigenvalue weighted by Crippen LogP contribution is 2.25. The maximum absolute atomic E-state index is 13.2. The molecule has 0 unspecified atom stereocenters. The van der Waals surface area contributed by atoms with Crippen molar-refractivity contribution in [1.82, 2.24) is 24.3 Å². The summed E-state index contributed by atoms with van der Waals surface area (Å²) in [4.78, 5) is 60.2. The second kappa shape index (κ2) is 11.5. The Labute approximate surface area is 240 Å². The Morgan fingerprint density at radius 2 is 1.72 bits per heavy atom. The zero-order valence-electron chi connectivity index (χ0n) is 22.4. The van der Waals surface area contributed by atoms with Crippen molar-refractivity contribution in [3.8, 4) is 0 Å². The van der Waals surface area contributed by atoms with Gasteiger partial charge in [-0.2, -0.15) is 0 Å². The molecule has 1 aromatic heterocycles. The van der Waals surface area contributed by atoms with Gasteiger partial charge in [-0.15, -0.1) is 0 Å². The number of likely N-dealkylation sites (tertiary alicyclic amines) is 1. The summed E-state index contributed by atoms with van der Waals surface area (Å²) >= 11 is 9.72. The number of piperazine rings is 1. The molecule has 0 spiro atoms. The minimum atomic E-state index is -0.587. The number of anilines is 1. The number of nitrogens with one attached hydrogen (secondary N) is 1. The molecule has 4 amide bonds. The van der Waals surface area contributed by atoms with Crippen LogP contribution >= 0.6 is 27.5 Å². The zero-order valence-corrected chi connectivity index (χ0v) is 24.7. The van der Waals surface area contributed by atoms with E-state index in [0.29, 0.717) is 61.5 Å². The first-order valence-corrected chi connectivity index (χ1v) is 13.8. The molecule has 13 heteroatoms. The van der Waals surface area contributed by atoms with Gasteiger partial charge in [-0.3, -0.25) is 14.4 Å². The Bertz CT molecular complexity index is 1280. The summed E-state index contributed by atoms with van der Waals surface area (Å²) in [6.45, 7) is 7.80. The Hall–Kier alpha value is -3.12. The van der Waals surface area contributed by atoms with E-state index in [-0.39, 0.29) is 28.6 Å².